The Hall–Kier alpha value is -2.25. The average Bonchev–Trinajstić information content (AvgIpc) is 3.18. The smallest absolute Gasteiger partial charge is 0.462 e. The van der Waals surface area contributed by atoms with Crippen LogP contribution < -0.4 is 0 Å². The molecule has 1 unspecified atom stereocenters. The van der Waals surface area contributed by atoms with Gasteiger partial charge in [-0.1, -0.05) is 153 Å². The first kappa shape index (κ1) is 57.8. The number of hydrogen-bond donors (Lipinski definition) is 4. The molecule has 0 amide bonds. The molecule has 0 bridgehead atoms. The average molecular weight is 893 g/mol. The molecule has 348 valence electrons. The number of aliphatic hydroxyl groups excluding tert-OH is 1. The quantitative estimate of drug-likeness (QED) is 0.0112. The van der Waals surface area contributed by atoms with E-state index in [1.54, 1.807) is 12.2 Å². The Balaban J connectivity index is 4.63. The van der Waals surface area contributed by atoms with Gasteiger partial charge in [0.1, 0.15) is 12.7 Å². The van der Waals surface area contributed by atoms with Crippen molar-refractivity contribution in [3.8, 4) is 0 Å². The van der Waals surface area contributed by atoms with Gasteiger partial charge < -0.3 is 29.3 Å². The molecule has 16 heteroatoms. The molecule has 0 saturated carbocycles. The third-order valence-electron chi connectivity index (χ3n) is 9.11. The van der Waals surface area contributed by atoms with Crippen LogP contribution in [0.3, 0.4) is 0 Å². The van der Waals surface area contributed by atoms with Crippen molar-refractivity contribution in [2.45, 2.75) is 181 Å². The lowest BCUT2D eigenvalue weighted by molar-refractivity contribution is -0.161. The minimum atomic E-state index is -4.88. The van der Waals surface area contributed by atoms with Crippen molar-refractivity contribution in [3.63, 3.8) is 0 Å². The summed E-state index contributed by atoms with van der Waals surface area (Å²) in [6, 6.07) is 0. The van der Waals surface area contributed by atoms with Crippen LogP contribution >= 0.6 is 15.6 Å². The maximum Gasteiger partial charge on any atom is 0.472 e. The number of phosphoric ester groups is 2. The van der Waals surface area contributed by atoms with E-state index in [1.165, 1.54) is 51.4 Å². The summed E-state index contributed by atoms with van der Waals surface area (Å²) in [4.78, 5) is 64.4. The molecule has 14 nitrogen and oxygen atoms in total. The first-order valence-corrected chi connectivity index (χ1v) is 25.2. The van der Waals surface area contributed by atoms with E-state index in [2.05, 4.69) is 29.8 Å². The Morgan fingerprint density at radius 1 is 0.583 bits per heavy atom. The van der Waals surface area contributed by atoms with Crippen LogP contribution in [0.1, 0.15) is 168 Å². The maximum atomic E-state index is 12.7. The number of esters is 2. The summed E-state index contributed by atoms with van der Waals surface area (Å²) in [7, 11) is -9.71. The zero-order valence-electron chi connectivity index (χ0n) is 36.7. The molecule has 4 N–H and O–H groups in total. The number of hydrogen-bond acceptors (Lipinski definition) is 11. The highest BCUT2D eigenvalue weighted by Gasteiger charge is 2.28. The molecule has 0 aromatic carbocycles. The third-order valence-corrected chi connectivity index (χ3v) is 10.6. The second-order valence-corrected chi connectivity index (χ2v) is 18.2. The molecule has 0 aliphatic rings. The van der Waals surface area contributed by atoms with Crippen LogP contribution in [-0.4, -0.2) is 76.1 Å². The summed E-state index contributed by atoms with van der Waals surface area (Å²) in [5, 5.41) is 9.74. The minimum absolute atomic E-state index is 0.0930. The van der Waals surface area contributed by atoms with Gasteiger partial charge in [0.05, 0.1) is 19.8 Å². The molecule has 0 aliphatic carbocycles. The van der Waals surface area contributed by atoms with Gasteiger partial charge in [0.25, 0.3) is 0 Å². The summed E-state index contributed by atoms with van der Waals surface area (Å²) in [5.41, 5.74) is 0. The van der Waals surface area contributed by atoms with Gasteiger partial charge in [-0.05, 0) is 50.5 Å². The number of allylic oxidation sites excluding steroid dienone is 8. The van der Waals surface area contributed by atoms with Crippen molar-refractivity contribution < 1.29 is 66.3 Å². The lowest BCUT2D eigenvalue weighted by Crippen LogP contribution is -2.30. The number of rotatable bonds is 41. The van der Waals surface area contributed by atoms with Crippen LogP contribution in [0.15, 0.2) is 48.6 Å². The summed E-state index contributed by atoms with van der Waals surface area (Å²) in [6.07, 6.45) is 33.9. The van der Waals surface area contributed by atoms with Crippen molar-refractivity contribution >= 4 is 33.4 Å². The number of carbonyl (C=O) groups excluding carboxylic acids is 3. The fourth-order valence-electron chi connectivity index (χ4n) is 5.72. The van der Waals surface area contributed by atoms with Gasteiger partial charge in [0, 0.05) is 19.3 Å². The monoisotopic (exact) mass is 892 g/mol. The van der Waals surface area contributed by atoms with Gasteiger partial charge in [-0.2, -0.15) is 0 Å². The molecule has 0 fully saturated rings. The molecule has 0 spiro atoms. The standard InChI is InChI=1S/C44H78O14P2/c1-4-5-25-31-40(45)32-27-22-18-14-10-8-12-15-19-23-28-33-43(47)54-37-42(38-57-60(52,53)56-36-41(46)35-55-59(49,50)51)58-44(48)34-29-24-20-16-11-7-6-9-13-17-21-26-30-39(2)3/h8,10,15,18-19,22,27,32,39,41-42,46H,4-7,9,11-14,16-17,20-21,23-26,28-31,33-38H2,1-3H3,(H,52,53)(H2,49,50,51)/b10-8-,19-15-,22-18-,32-27+/t41-,42+/m0/s1. The Kier molecular flexibility index (Phi) is 37.0. The molecule has 3 atom stereocenters. The number of phosphoric acid groups is 2. The van der Waals surface area contributed by atoms with Crippen LogP contribution in [0.5, 0.6) is 0 Å². The van der Waals surface area contributed by atoms with E-state index in [-0.39, 0.29) is 18.6 Å². The minimum Gasteiger partial charge on any atom is -0.462 e. The number of unbranched alkanes of at least 4 members (excludes halogenated alkanes) is 14. The molecule has 0 aromatic rings. The largest absolute Gasteiger partial charge is 0.472 e. The third kappa shape index (κ3) is 42.4. The molecule has 0 heterocycles. The number of ketones is 1. The number of aliphatic hydroxyl groups is 1. The maximum absolute atomic E-state index is 12.7. The predicted octanol–water partition coefficient (Wildman–Crippen LogP) is 10.5. The summed E-state index contributed by atoms with van der Waals surface area (Å²) in [5.74, 6) is -0.200. The normalized spacial score (nSPS) is 14.5. The van der Waals surface area contributed by atoms with E-state index in [0.717, 1.165) is 63.7 Å². The molecule has 0 aromatic heterocycles. The molecule has 0 radical (unpaired) electrons. The van der Waals surface area contributed by atoms with Gasteiger partial charge in [-0.25, -0.2) is 9.13 Å². The van der Waals surface area contributed by atoms with E-state index in [0.29, 0.717) is 25.7 Å². The fraction of sp³-hybridized carbons (Fsp3) is 0.750. The zero-order valence-corrected chi connectivity index (χ0v) is 38.5. The number of ether oxygens (including phenoxy) is 2. The predicted molar refractivity (Wildman–Crippen MR) is 235 cm³/mol. The first-order chi connectivity index (χ1) is 28.6. The van der Waals surface area contributed by atoms with Crippen molar-refractivity contribution in [3.05, 3.63) is 48.6 Å². The summed E-state index contributed by atoms with van der Waals surface area (Å²) in [6.45, 7) is 3.83. The van der Waals surface area contributed by atoms with Crippen molar-refractivity contribution in [2.24, 2.45) is 5.92 Å². The van der Waals surface area contributed by atoms with Crippen molar-refractivity contribution in [2.75, 3.05) is 26.4 Å². The van der Waals surface area contributed by atoms with E-state index < -0.39 is 66.2 Å². The molecule has 60 heavy (non-hydrogen) atoms. The van der Waals surface area contributed by atoms with Crippen LogP contribution in [-0.2, 0) is 46.6 Å². The summed E-state index contributed by atoms with van der Waals surface area (Å²) >= 11 is 0. The highest BCUT2D eigenvalue weighted by Crippen LogP contribution is 2.43. The molecular formula is C44H78O14P2. The lowest BCUT2D eigenvalue weighted by atomic mass is 10.0. The summed E-state index contributed by atoms with van der Waals surface area (Å²) < 4.78 is 47.7. The van der Waals surface area contributed by atoms with Crippen molar-refractivity contribution in [1.29, 1.82) is 0 Å². The van der Waals surface area contributed by atoms with E-state index in [4.69, 9.17) is 23.8 Å². The van der Waals surface area contributed by atoms with E-state index >= 15 is 0 Å². The van der Waals surface area contributed by atoms with Gasteiger partial charge in [0.15, 0.2) is 11.9 Å². The molecule has 0 saturated heterocycles. The first-order valence-electron chi connectivity index (χ1n) is 22.1. The van der Waals surface area contributed by atoms with Crippen LogP contribution in [0, 0.1) is 5.92 Å². The SMILES string of the molecule is CCCCCC(=O)/C=C/C=C\C/C=C\C/C=C\CCCC(=O)OC[C@H](COP(=O)(O)OC[C@@H](O)COP(=O)(O)O)OC(=O)CCCCCCCCCCCCCCC(C)C. The second kappa shape index (κ2) is 38.4. The Bertz CT molecular complexity index is 1320. The Morgan fingerprint density at radius 3 is 1.73 bits per heavy atom. The zero-order chi connectivity index (χ0) is 44.7. The topological polar surface area (TPSA) is 212 Å². The fourth-order valence-corrected chi connectivity index (χ4v) is 6.87. The van der Waals surface area contributed by atoms with Crippen molar-refractivity contribution in [1.82, 2.24) is 0 Å². The highest BCUT2D eigenvalue weighted by atomic mass is 31.2. The van der Waals surface area contributed by atoms with Gasteiger partial charge in [-0.3, -0.25) is 28.0 Å². The Morgan fingerprint density at radius 2 is 1.12 bits per heavy atom. The second-order valence-electron chi connectivity index (χ2n) is 15.5. The molecule has 0 rings (SSSR count). The van der Waals surface area contributed by atoms with Crippen LogP contribution in [0.25, 0.3) is 0 Å². The number of carbonyl (C=O) groups is 3. The molecule has 0 aliphatic heterocycles. The van der Waals surface area contributed by atoms with E-state index in [1.807, 2.05) is 36.5 Å². The Labute approximate surface area is 360 Å². The van der Waals surface area contributed by atoms with Crippen LogP contribution in [0.2, 0.25) is 0 Å². The van der Waals surface area contributed by atoms with Gasteiger partial charge in [0.2, 0.25) is 0 Å². The van der Waals surface area contributed by atoms with Gasteiger partial charge >= 0.3 is 27.6 Å². The lowest BCUT2D eigenvalue weighted by Gasteiger charge is -2.20. The van der Waals surface area contributed by atoms with E-state index in [9.17, 15) is 33.5 Å². The van der Waals surface area contributed by atoms with Gasteiger partial charge in [-0.15, -0.1) is 0 Å². The molecular weight excluding hydrogens is 814 g/mol. The highest BCUT2D eigenvalue weighted by molar-refractivity contribution is 7.47. The van der Waals surface area contributed by atoms with Crippen LogP contribution in [0.4, 0.5) is 0 Å².